The van der Waals surface area contributed by atoms with Crippen molar-refractivity contribution in [3.05, 3.63) is 11.8 Å². The lowest BCUT2D eigenvalue weighted by atomic mass is 10.2. The predicted octanol–water partition coefficient (Wildman–Crippen LogP) is -0.306. The number of carbonyl (C=O) groups excluding carboxylic acids is 1. The molecule has 0 bridgehead atoms. The molecule has 0 radical (unpaired) electrons. The molecule has 1 aliphatic heterocycles. The van der Waals surface area contributed by atoms with Gasteiger partial charge in [0.15, 0.2) is 0 Å². The van der Waals surface area contributed by atoms with E-state index < -0.39 is 0 Å². The van der Waals surface area contributed by atoms with Gasteiger partial charge in [-0.05, 0) is 19.5 Å². The summed E-state index contributed by atoms with van der Waals surface area (Å²) in [6.07, 6.45) is 2.74. The summed E-state index contributed by atoms with van der Waals surface area (Å²) >= 11 is 0. The van der Waals surface area contributed by atoms with Crippen LogP contribution in [0.5, 0.6) is 0 Å². The Bertz CT molecular complexity index is 320. The second-order valence-corrected chi connectivity index (χ2v) is 4.26. The fourth-order valence-electron chi connectivity index (χ4n) is 1.56. The number of amides is 1. The van der Waals surface area contributed by atoms with Crippen LogP contribution in [0, 0.1) is 0 Å². The molecular formula is C11H20N4O. The van der Waals surface area contributed by atoms with E-state index in [9.17, 15) is 4.79 Å². The van der Waals surface area contributed by atoms with Crippen molar-refractivity contribution in [3.63, 3.8) is 0 Å². The molecule has 1 amide bonds. The van der Waals surface area contributed by atoms with Crippen LogP contribution in [0.25, 0.3) is 0 Å². The smallest absolute Gasteiger partial charge is 0.269 e. The molecule has 0 atom stereocenters. The fourth-order valence-corrected chi connectivity index (χ4v) is 1.56. The van der Waals surface area contributed by atoms with Crippen LogP contribution in [-0.4, -0.2) is 62.2 Å². The van der Waals surface area contributed by atoms with Gasteiger partial charge in [0, 0.05) is 33.7 Å². The molecule has 0 aromatic carbocycles. The third kappa shape index (κ3) is 3.66. The highest BCUT2D eigenvalue weighted by atomic mass is 16.2. The summed E-state index contributed by atoms with van der Waals surface area (Å²) in [5, 5.41) is 0. The number of hydrogen-bond acceptors (Lipinski definition) is 4. The summed E-state index contributed by atoms with van der Waals surface area (Å²) in [6, 6.07) is 0. The molecule has 0 saturated carbocycles. The van der Waals surface area contributed by atoms with Crippen molar-refractivity contribution in [2.45, 2.75) is 6.42 Å². The van der Waals surface area contributed by atoms with Gasteiger partial charge >= 0.3 is 0 Å². The molecule has 0 aromatic heterocycles. The molecular weight excluding hydrogens is 204 g/mol. The van der Waals surface area contributed by atoms with E-state index in [1.54, 1.807) is 20.2 Å². The van der Waals surface area contributed by atoms with E-state index in [0.29, 0.717) is 0 Å². The number of rotatable bonds is 2. The van der Waals surface area contributed by atoms with Gasteiger partial charge < -0.3 is 15.5 Å². The monoisotopic (exact) mass is 224 g/mol. The zero-order valence-corrected chi connectivity index (χ0v) is 10.2. The molecule has 0 saturated heterocycles. The molecule has 1 rings (SSSR count). The Kier molecular flexibility index (Phi) is 4.49. The van der Waals surface area contributed by atoms with E-state index in [4.69, 9.17) is 5.73 Å². The Labute approximate surface area is 96.6 Å². The third-order valence-corrected chi connectivity index (χ3v) is 2.42. The average Bonchev–Trinajstić information content (AvgIpc) is 2.41. The highest BCUT2D eigenvalue weighted by molar-refractivity contribution is 6.04. The number of hydrogen-bond donors (Lipinski definition) is 1. The quantitative estimate of drug-likeness (QED) is 0.655. The van der Waals surface area contributed by atoms with Gasteiger partial charge in [-0.25, -0.2) is 0 Å². The molecule has 0 spiro atoms. The van der Waals surface area contributed by atoms with Gasteiger partial charge in [0.05, 0.1) is 11.4 Å². The van der Waals surface area contributed by atoms with Crippen LogP contribution in [0.1, 0.15) is 6.42 Å². The van der Waals surface area contributed by atoms with Crippen molar-refractivity contribution >= 4 is 11.6 Å². The second-order valence-electron chi connectivity index (χ2n) is 4.26. The number of aliphatic imine (C=N–C) groups is 1. The molecule has 16 heavy (non-hydrogen) atoms. The minimum Gasteiger partial charge on any atom is -0.394 e. The average molecular weight is 224 g/mol. The minimum absolute atomic E-state index is 0.172. The zero-order chi connectivity index (χ0) is 12.1. The summed E-state index contributed by atoms with van der Waals surface area (Å²) in [4.78, 5) is 19.6. The predicted molar refractivity (Wildman–Crippen MR) is 65.4 cm³/mol. The lowest BCUT2D eigenvalue weighted by Crippen LogP contribution is -2.29. The maximum absolute atomic E-state index is 11.5. The van der Waals surface area contributed by atoms with E-state index >= 15 is 0 Å². The Balaban J connectivity index is 2.73. The van der Waals surface area contributed by atoms with Crippen LogP contribution >= 0.6 is 0 Å². The maximum atomic E-state index is 11.5. The standard InChI is InChI=1S/C11H20N4O/c1-14(2)11(16)10(12)7-9-8-15(3)6-4-5-13-9/h7H,4-6,8,12H2,1-3H3/b10-7-. The maximum Gasteiger partial charge on any atom is 0.269 e. The van der Waals surface area contributed by atoms with Crippen molar-refractivity contribution in [3.8, 4) is 0 Å². The first kappa shape index (κ1) is 12.7. The summed E-state index contributed by atoms with van der Waals surface area (Å²) in [5.41, 5.74) is 6.85. The van der Waals surface area contributed by atoms with Gasteiger partial charge in [-0.3, -0.25) is 9.79 Å². The molecule has 0 unspecified atom stereocenters. The molecule has 0 aromatic rings. The van der Waals surface area contributed by atoms with E-state index in [-0.39, 0.29) is 11.6 Å². The lowest BCUT2D eigenvalue weighted by molar-refractivity contribution is -0.124. The highest BCUT2D eigenvalue weighted by Gasteiger charge is 2.11. The van der Waals surface area contributed by atoms with Crippen LogP contribution < -0.4 is 5.73 Å². The number of nitrogens with zero attached hydrogens (tertiary/aromatic N) is 3. The van der Waals surface area contributed by atoms with Gasteiger partial charge in [0.2, 0.25) is 0 Å². The summed E-state index contributed by atoms with van der Waals surface area (Å²) in [7, 11) is 5.41. The van der Waals surface area contributed by atoms with E-state index in [2.05, 4.69) is 9.89 Å². The van der Waals surface area contributed by atoms with Crippen LogP contribution in [0.4, 0.5) is 0 Å². The molecule has 5 nitrogen and oxygen atoms in total. The highest BCUT2D eigenvalue weighted by Crippen LogP contribution is 2.00. The first-order valence-electron chi connectivity index (χ1n) is 5.41. The SMILES string of the molecule is CN1CCCN=C(/C=C(\N)C(=O)N(C)C)C1. The van der Waals surface area contributed by atoms with Crippen molar-refractivity contribution < 1.29 is 4.79 Å². The Morgan fingerprint density at radius 2 is 2.25 bits per heavy atom. The molecule has 1 aliphatic rings. The van der Waals surface area contributed by atoms with Crippen LogP contribution in [0.3, 0.4) is 0 Å². The first-order chi connectivity index (χ1) is 7.50. The Morgan fingerprint density at radius 3 is 2.88 bits per heavy atom. The van der Waals surface area contributed by atoms with Gasteiger partial charge in [-0.2, -0.15) is 0 Å². The van der Waals surface area contributed by atoms with Crippen LogP contribution in [0.15, 0.2) is 16.8 Å². The topological polar surface area (TPSA) is 61.9 Å². The molecule has 0 aliphatic carbocycles. The minimum atomic E-state index is -0.172. The first-order valence-corrected chi connectivity index (χ1v) is 5.41. The van der Waals surface area contributed by atoms with Gasteiger partial charge in [0.25, 0.3) is 5.91 Å². The molecule has 90 valence electrons. The van der Waals surface area contributed by atoms with Crippen LogP contribution in [-0.2, 0) is 4.79 Å². The zero-order valence-electron chi connectivity index (χ0n) is 10.2. The third-order valence-electron chi connectivity index (χ3n) is 2.42. The van der Waals surface area contributed by atoms with Crippen molar-refractivity contribution in [1.29, 1.82) is 0 Å². The summed E-state index contributed by atoms with van der Waals surface area (Å²) in [6.45, 7) is 2.59. The van der Waals surface area contributed by atoms with E-state index in [0.717, 1.165) is 31.8 Å². The van der Waals surface area contributed by atoms with E-state index in [1.807, 2.05) is 7.05 Å². The summed E-state index contributed by atoms with van der Waals surface area (Å²) in [5.74, 6) is -0.172. The second kappa shape index (κ2) is 5.65. The van der Waals surface area contributed by atoms with Crippen molar-refractivity contribution in [1.82, 2.24) is 9.80 Å². The number of nitrogens with two attached hydrogens (primary N) is 1. The van der Waals surface area contributed by atoms with E-state index in [1.165, 1.54) is 4.90 Å². The van der Waals surface area contributed by atoms with Gasteiger partial charge in [-0.15, -0.1) is 0 Å². The molecule has 5 heteroatoms. The van der Waals surface area contributed by atoms with Gasteiger partial charge in [0.1, 0.15) is 0 Å². The number of carbonyl (C=O) groups is 1. The van der Waals surface area contributed by atoms with Crippen LogP contribution in [0.2, 0.25) is 0 Å². The van der Waals surface area contributed by atoms with Crippen molar-refractivity contribution in [2.75, 3.05) is 40.8 Å². The Hall–Kier alpha value is -1.36. The molecule has 1 heterocycles. The molecule has 0 fully saturated rings. The summed E-state index contributed by atoms with van der Waals surface area (Å²) < 4.78 is 0. The fraction of sp³-hybridized carbons (Fsp3) is 0.636. The normalized spacial score (nSPS) is 18.9. The lowest BCUT2D eigenvalue weighted by Gasteiger charge is -2.13. The Morgan fingerprint density at radius 1 is 1.56 bits per heavy atom. The molecule has 2 N–H and O–H groups in total. The van der Waals surface area contributed by atoms with Gasteiger partial charge in [-0.1, -0.05) is 0 Å². The largest absolute Gasteiger partial charge is 0.394 e. The number of likely N-dealkylation sites (N-methyl/N-ethyl adjacent to an activating group) is 1. The van der Waals surface area contributed by atoms with Crippen molar-refractivity contribution in [2.24, 2.45) is 10.7 Å².